The van der Waals surface area contributed by atoms with Crippen molar-refractivity contribution in [3.63, 3.8) is 0 Å². The Morgan fingerprint density at radius 1 is 1.42 bits per heavy atom. The number of aromatic nitrogens is 3. The van der Waals surface area contributed by atoms with Gasteiger partial charge >= 0.3 is 5.97 Å². The van der Waals surface area contributed by atoms with Crippen LogP contribution < -0.4 is 5.32 Å². The Kier molecular flexibility index (Phi) is 3.28. The summed E-state index contributed by atoms with van der Waals surface area (Å²) in [6.07, 6.45) is 3.22. The molecule has 0 atom stereocenters. The van der Waals surface area contributed by atoms with E-state index in [1.165, 1.54) is 6.20 Å². The van der Waals surface area contributed by atoms with Gasteiger partial charge in [0.25, 0.3) is 0 Å². The van der Waals surface area contributed by atoms with Crippen LogP contribution in [0.4, 0.5) is 5.69 Å². The van der Waals surface area contributed by atoms with Crippen LogP contribution in [0.15, 0.2) is 24.4 Å². The number of anilines is 1. The number of carboxylic acids is 1. The van der Waals surface area contributed by atoms with Crippen molar-refractivity contribution in [1.29, 1.82) is 0 Å². The maximum absolute atomic E-state index is 11.4. The first-order valence-corrected chi connectivity index (χ1v) is 5.48. The summed E-state index contributed by atoms with van der Waals surface area (Å²) in [6.45, 7) is 1.85. The molecule has 0 radical (unpaired) electrons. The van der Waals surface area contributed by atoms with E-state index in [2.05, 4.69) is 15.4 Å². The Bertz CT molecular complexity index is 688. The van der Waals surface area contributed by atoms with Gasteiger partial charge < -0.3 is 10.4 Å². The maximum atomic E-state index is 11.4. The highest BCUT2D eigenvalue weighted by atomic mass is 16.4. The minimum atomic E-state index is -1.17. The summed E-state index contributed by atoms with van der Waals surface area (Å²) in [4.78, 5) is 25.9. The number of carbonyl (C=O) groups excluding carboxylic acids is 1. The first-order chi connectivity index (χ1) is 8.97. The normalized spacial score (nSPS) is 11.1. The van der Waals surface area contributed by atoms with Crippen LogP contribution in [-0.4, -0.2) is 31.7 Å². The predicted molar refractivity (Wildman–Crippen MR) is 68.7 cm³/mol. The molecule has 2 aromatic rings. The van der Waals surface area contributed by atoms with Gasteiger partial charge in [0, 0.05) is 24.6 Å². The van der Waals surface area contributed by atoms with Gasteiger partial charge in [0.1, 0.15) is 0 Å². The van der Waals surface area contributed by atoms with Crippen molar-refractivity contribution in [2.75, 3.05) is 5.32 Å². The van der Waals surface area contributed by atoms with Gasteiger partial charge in [-0.3, -0.25) is 9.48 Å². The minimum Gasteiger partial charge on any atom is -0.478 e. The van der Waals surface area contributed by atoms with Crippen molar-refractivity contribution < 1.29 is 14.7 Å². The average Bonchev–Trinajstić information content (AvgIpc) is 2.62. The van der Waals surface area contributed by atoms with E-state index in [0.717, 1.165) is 28.9 Å². The van der Waals surface area contributed by atoms with Crippen molar-refractivity contribution in [2.45, 2.75) is 6.92 Å². The van der Waals surface area contributed by atoms with Crippen LogP contribution in [0.25, 0.3) is 11.0 Å². The molecule has 7 heteroatoms. The lowest BCUT2D eigenvalue weighted by Gasteiger charge is -2.01. The maximum Gasteiger partial charge on any atom is 0.328 e. The fourth-order valence-corrected chi connectivity index (χ4v) is 1.71. The molecule has 2 rings (SSSR count). The number of hydrogen-bond donors (Lipinski definition) is 2. The number of rotatable bonds is 3. The number of amides is 1. The van der Waals surface area contributed by atoms with Gasteiger partial charge in [0.15, 0.2) is 5.65 Å². The molecule has 0 aromatic carbocycles. The monoisotopic (exact) mass is 260 g/mol. The minimum absolute atomic E-state index is 0.489. The summed E-state index contributed by atoms with van der Waals surface area (Å²) in [5.74, 6) is -1.70. The highest BCUT2D eigenvalue weighted by Gasteiger charge is 2.07. The zero-order valence-electron chi connectivity index (χ0n) is 10.4. The number of fused-ring (bicyclic) bond motifs is 1. The number of aliphatic carboxylic acids is 1. The number of nitrogens with one attached hydrogen (secondary N) is 1. The molecule has 0 fully saturated rings. The van der Waals surface area contributed by atoms with Gasteiger partial charge in [-0.15, -0.1) is 0 Å². The molecule has 0 aliphatic heterocycles. The number of aryl methyl sites for hydroxylation is 2. The summed E-state index contributed by atoms with van der Waals surface area (Å²) in [5.41, 5.74) is 2.02. The van der Waals surface area contributed by atoms with Crippen molar-refractivity contribution in [2.24, 2.45) is 7.05 Å². The zero-order chi connectivity index (χ0) is 14.0. The molecule has 0 saturated heterocycles. The molecule has 0 spiro atoms. The molecule has 98 valence electrons. The van der Waals surface area contributed by atoms with Gasteiger partial charge in [-0.1, -0.05) is 0 Å². The molecule has 2 N–H and O–H groups in total. The average molecular weight is 260 g/mol. The molecular formula is C12H12N4O3. The van der Waals surface area contributed by atoms with Crippen LogP contribution in [-0.2, 0) is 16.6 Å². The summed E-state index contributed by atoms with van der Waals surface area (Å²) < 4.78 is 1.65. The van der Waals surface area contributed by atoms with E-state index < -0.39 is 11.9 Å². The molecule has 0 saturated carbocycles. The van der Waals surface area contributed by atoms with E-state index in [1.54, 1.807) is 17.8 Å². The fraction of sp³-hybridized carbons (Fsp3) is 0.167. The van der Waals surface area contributed by atoms with E-state index in [-0.39, 0.29) is 0 Å². The Morgan fingerprint density at radius 2 is 2.16 bits per heavy atom. The SMILES string of the molecule is Cc1nn(C)c2ncc(NC(=O)/C=C/C(=O)O)cc12. The first-order valence-electron chi connectivity index (χ1n) is 5.48. The summed E-state index contributed by atoms with van der Waals surface area (Å²) in [5, 5.41) is 16.0. The van der Waals surface area contributed by atoms with Gasteiger partial charge in [0.2, 0.25) is 5.91 Å². The molecule has 0 aliphatic rings. The van der Waals surface area contributed by atoms with Crippen LogP contribution in [0.1, 0.15) is 5.69 Å². The lowest BCUT2D eigenvalue weighted by Crippen LogP contribution is -2.09. The largest absolute Gasteiger partial charge is 0.478 e. The molecule has 0 bridgehead atoms. The van der Waals surface area contributed by atoms with E-state index >= 15 is 0 Å². The van der Waals surface area contributed by atoms with Crippen molar-refractivity contribution >= 4 is 28.6 Å². The van der Waals surface area contributed by atoms with Crippen molar-refractivity contribution in [3.8, 4) is 0 Å². The zero-order valence-corrected chi connectivity index (χ0v) is 10.4. The van der Waals surface area contributed by atoms with Crippen LogP contribution in [0, 0.1) is 6.92 Å². The predicted octanol–water partition coefficient (Wildman–Crippen LogP) is 0.856. The smallest absolute Gasteiger partial charge is 0.328 e. The molecule has 2 aromatic heterocycles. The van der Waals surface area contributed by atoms with Crippen LogP contribution >= 0.6 is 0 Å². The van der Waals surface area contributed by atoms with E-state index in [9.17, 15) is 9.59 Å². The Morgan fingerprint density at radius 3 is 2.84 bits per heavy atom. The van der Waals surface area contributed by atoms with Crippen molar-refractivity contribution in [3.05, 3.63) is 30.1 Å². The fourth-order valence-electron chi connectivity index (χ4n) is 1.71. The Labute approximate surface area is 108 Å². The van der Waals surface area contributed by atoms with Gasteiger partial charge in [0.05, 0.1) is 17.6 Å². The lowest BCUT2D eigenvalue weighted by molar-refractivity contribution is -0.131. The Hall–Kier alpha value is -2.70. The van der Waals surface area contributed by atoms with Gasteiger partial charge in [-0.2, -0.15) is 5.10 Å². The second-order valence-electron chi connectivity index (χ2n) is 3.96. The molecule has 0 unspecified atom stereocenters. The molecule has 7 nitrogen and oxygen atoms in total. The third-order valence-corrected chi connectivity index (χ3v) is 2.51. The standard InChI is InChI=1S/C12H12N4O3/c1-7-9-5-8(6-13-12(9)16(2)15-7)14-10(17)3-4-11(18)19/h3-6H,1-2H3,(H,14,17)(H,18,19)/b4-3+. The second kappa shape index (κ2) is 4.89. The number of hydrogen-bond acceptors (Lipinski definition) is 4. The van der Waals surface area contributed by atoms with Gasteiger partial charge in [-0.05, 0) is 13.0 Å². The summed E-state index contributed by atoms with van der Waals surface area (Å²) in [6, 6.07) is 1.75. The number of carbonyl (C=O) groups is 2. The van der Waals surface area contributed by atoms with E-state index in [0.29, 0.717) is 5.69 Å². The van der Waals surface area contributed by atoms with E-state index in [1.807, 2.05) is 6.92 Å². The molecule has 2 heterocycles. The number of carboxylic acid groups (broad SMARTS) is 1. The van der Waals surface area contributed by atoms with Crippen molar-refractivity contribution in [1.82, 2.24) is 14.8 Å². The third kappa shape index (κ3) is 2.76. The summed E-state index contributed by atoms with van der Waals surface area (Å²) >= 11 is 0. The highest BCUT2D eigenvalue weighted by Crippen LogP contribution is 2.19. The van der Waals surface area contributed by atoms with Crippen LogP contribution in [0.2, 0.25) is 0 Å². The molecule has 0 aliphatic carbocycles. The van der Waals surface area contributed by atoms with Crippen LogP contribution in [0.5, 0.6) is 0 Å². The molecular weight excluding hydrogens is 248 g/mol. The molecule has 19 heavy (non-hydrogen) atoms. The molecule has 1 amide bonds. The first kappa shape index (κ1) is 12.7. The highest BCUT2D eigenvalue weighted by molar-refractivity contribution is 6.02. The summed E-state index contributed by atoms with van der Waals surface area (Å²) in [7, 11) is 1.79. The Balaban J connectivity index is 2.24. The second-order valence-corrected chi connectivity index (χ2v) is 3.96. The van der Waals surface area contributed by atoms with E-state index in [4.69, 9.17) is 5.11 Å². The number of nitrogens with zero attached hydrogens (tertiary/aromatic N) is 3. The third-order valence-electron chi connectivity index (χ3n) is 2.51. The van der Waals surface area contributed by atoms with Crippen LogP contribution in [0.3, 0.4) is 0 Å². The topological polar surface area (TPSA) is 97.1 Å². The lowest BCUT2D eigenvalue weighted by atomic mass is 10.2. The number of pyridine rings is 1. The quantitative estimate of drug-likeness (QED) is 0.797. The van der Waals surface area contributed by atoms with Gasteiger partial charge in [-0.25, -0.2) is 9.78 Å².